The summed E-state index contributed by atoms with van der Waals surface area (Å²) >= 11 is 0. The second kappa shape index (κ2) is 20.6. The average molecular weight is 535 g/mol. The van der Waals surface area contributed by atoms with Crippen LogP contribution in [0.25, 0.3) is 0 Å². The predicted octanol–water partition coefficient (Wildman–Crippen LogP) is -6.08. The highest BCUT2D eigenvalue weighted by atomic mass is 16.3. The summed E-state index contributed by atoms with van der Waals surface area (Å²) in [6.07, 6.45) is -0.136. The highest BCUT2D eigenvalue weighted by Gasteiger charge is 2.24. The number of hydrogen-bond donors (Lipinski definition) is 12. The first-order valence-electron chi connectivity index (χ1n) is 12.4. The van der Waals surface area contributed by atoms with Gasteiger partial charge in [-0.05, 0) is 58.2 Å². The lowest BCUT2D eigenvalue weighted by molar-refractivity contribution is -0.130. The summed E-state index contributed by atoms with van der Waals surface area (Å²) in [7, 11) is 0. The van der Waals surface area contributed by atoms with Crippen LogP contribution in [0.5, 0.6) is 0 Å². The summed E-state index contributed by atoms with van der Waals surface area (Å²) < 4.78 is 0. The fourth-order valence-electron chi connectivity index (χ4n) is 3.30. The molecule has 0 saturated carbocycles. The Kier molecular flexibility index (Phi) is 19.2. The minimum Gasteiger partial charge on any atom is -0.377 e. The van der Waals surface area contributed by atoms with Crippen molar-refractivity contribution in [3.8, 4) is 0 Å². The van der Waals surface area contributed by atoms with Crippen LogP contribution in [-0.4, -0.2) is 104 Å². The van der Waals surface area contributed by atoms with Gasteiger partial charge in [0.05, 0.1) is 31.7 Å². The molecule has 0 aliphatic rings. The van der Waals surface area contributed by atoms with Crippen molar-refractivity contribution in [1.29, 1.82) is 0 Å². The third-order valence-corrected chi connectivity index (χ3v) is 5.35. The number of nitrogens with one attached hydrogen (secondary N) is 5. The Bertz CT molecular complexity index is 684. The lowest BCUT2D eigenvalue weighted by atomic mass is 10.1. The maximum absolute atomic E-state index is 12.6. The minimum absolute atomic E-state index is 0.213. The Morgan fingerprint density at radius 1 is 0.676 bits per heavy atom. The number of rotatable bonds is 21. The van der Waals surface area contributed by atoms with Gasteiger partial charge in [-0.2, -0.15) is 0 Å². The molecule has 17 N–H and O–H groups in total. The minimum atomic E-state index is -1.29. The van der Waals surface area contributed by atoms with Crippen molar-refractivity contribution in [1.82, 2.24) is 26.6 Å². The summed E-state index contributed by atoms with van der Waals surface area (Å²) in [5.41, 5.74) is 27.2. The third kappa shape index (κ3) is 16.1. The number of aliphatic hydroxyl groups excluding tert-OH is 2. The van der Waals surface area contributed by atoms with Crippen LogP contribution in [0.2, 0.25) is 0 Å². The second-order valence-corrected chi connectivity index (χ2v) is 8.50. The van der Waals surface area contributed by atoms with E-state index in [4.69, 9.17) is 28.7 Å². The fraction of sp³-hybridized carbons (Fsp3) is 0.810. The molecule has 0 radical (unpaired) electrons. The van der Waals surface area contributed by atoms with E-state index in [1.807, 2.05) is 0 Å². The Labute approximate surface area is 217 Å². The van der Waals surface area contributed by atoms with E-state index < -0.39 is 60.8 Å². The number of carbonyl (C=O) groups is 4. The maximum atomic E-state index is 12.6. The summed E-state index contributed by atoms with van der Waals surface area (Å²) in [6.45, 7) is -0.0368. The summed E-state index contributed by atoms with van der Waals surface area (Å²) in [5.74, 6) is -2.25. The molecule has 0 saturated heterocycles. The molecule has 0 aliphatic heterocycles. The first kappa shape index (κ1) is 34.6. The first-order chi connectivity index (χ1) is 17.6. The molecule has 0 fully saturated rings. The maximum Gasteiger partial charge on any atom is 0.243 e. The van der Waals surface area contributed by atoms with Gasteiger partial charge in [0, 0.05) is 0 Å². The van der Waals surface area contributed by atoms with Crippen LogP contribution in [-0.2, 0) is 19.2 Å². The van der Waals surface area contributed by atoms with Crippen LogP contribution in [0.3, 0.4) is 0 Å². The van der Waals surface area contributed by atoms with Gasteiger partial charge < -0.3 is 60.1 Å². The van der Waals surface area contributed by atoms with Gasteiger partial charge >= 0.3 is 0 Å². The van der Waals surface area contributed by atoms with E-state index in [1.54, 1.807) is 0 Å². The average Bonchev–Trinajstić information content (AvgIpc) is 2.87. The van der Waals surface area contributed by atoms with Crippen molar-refractivity contribution in [2.75, 3.05) is 39.3 Å². The van der Waals surface area contributed by atoms with Gasteiger partial charge in [0.25, 0.3) is 0 Å². The smallest absolute Gasteiger partial charge is 0.243 e. The van der Waals surface area contributed by atoms with Crippen LogP contribution in [0.4, 0.5) is 0 Å². The Balaban J connectivity index is 4.87. The van der Waals surface area contributed by atoms with Crippen LogP contribution in [0.15, 0.2) is 0 Å². The number of aliphatic hydroxyl groups is 2. The number of amides is 4. The van der Waals surface area contributed by atoms with Gasteiger partial charge in [0.1, 0.15) is 18.5 Å². The van der Waals surface area contributed by atoms with Crippen LogP contribution < -0.4 is 55.3 Å². The van der Waals surface area contributed by atoms with Crippen molar-refractivity contribution in [3.05, 3.63) is 0 Å². The van der Waals surface area contributed by atoms with Crippen LogP contribution >= 0.6 is 0 Å². The lowest BCUT2D eigenvalue weighted by Gasteiger charge is -2.25. The Hall–Kier alpha value is -2.44. The summed E-state index contributed by atoms with van der Waals surface area (Å²) in [5, 5.41) is 32.6. The zero-order valence-corrected chi connectivity index (χ0v) is 21.3. The van der Waals surface area contributed by atoms with Gasteiger partial charge in [-0.25, -0.2) is 0 Å². The second-order valence-electron chi connectivity index (χ2n) is 8.50. The molecule has 0 spiro atoms. The number of nitrogens with two attached hydrogens (primary N) is 5. The molecule has 37 heavy (non-hydrogen) atoms. The van der Waals surface area contributed by atoms with Crippen molar-refractivity contribution in [2.45, 2.75) is 69.1 Å². The van der Waals surface area contributed by atoms with Crippen molar-refractivity contribution in [2.24, 2.45) is 28.7 Å². The molecule has 5 atom stereocenters. The van der Waals surface area contributed by atoms with E-state index in [1.165, 1.54) is 0 Å². The van der Waals surface area contributed by atoms with Crippen molar-refractivity contribution >= 4 is 23.6 Å². The van der Waals surface area contributed by atoms with E-state index in [2.05, 4.69) is 26.6 Å². The quantitative estimate of drug-likeness (QED) is 0.0612. The predicted molar refractivity (Wildman–Crippen MR) is 137 cm³/mol. The number of hydrogen-bond acceptors (Lipinski definition) is 12. The standard InChI is InChI=1S/C21H46N10O6/c22-7-1-4-13(19(26)35)29-17(33)11-27-21(37)15(6-3-9-24)31-18(34)12-28-20(36)14(5-2-8-23)30-16(32)10-25/h13-15,19-20,28,35-36H,1-12,22-26H2,(H,27,37)(H,29,33)(H,30,32)(H,31,34)/t13-,14-,15-,19?,20?/m0/s1. The van der Waals surface area contributed by atoms with Gasteiger partial charge in [-0.15, -0.1) is 0 Å². The SMILES string of the molecule is NCCC[C@H](NC(=O)CNC(O)[C@H](CCCN)NC(=O)CN)C(=O)NCC(=O)N[C@@H](CCCN)C(N)O. The van der Waals surface area contributed by atoms with Gasteiger partial charge in [-0.3, -0.25) is 24.5 Å². The Morgan fingerprint density at radius 2 is 1.19 bits per heavy atom. The molecule has 16 heteroatoms. The zero-order chi connectivity index (χ0) is 28.2. The van der Waals surface area contributed by atoms with Crippen molar-refractivity contribution in [3.63, 3.8) is 0 Å². The molecule has 2 unspecified atom stereocenters. The molecule has 0 aromatic carbocycles. The topological polar surface area (TPSA) is 299 Å². The molecule has 216 valence electrons. The number of carbonyl (C=O) groups excluding carboxylic acids is 4. The zero-order valence-electron chi connectivity index (χ0n) is 21.3. The third-order valence-electron chi connectivity index (χ3n) is 5.35. The molecular weight excluding hydrogens is 488 g/mol. The van der Waals surface area contributed by atoms with Gasteiger partial charge in [0.2, 0.25) is 23.6 Å². The van der Waals surface area contributed by atoms with E-state index in [0.717, 1.165) is 0 Å². The van der Waals surface area contributed by atoms with E-state index in [9.17, 15) is 29.4 Å². The molecule has 0 heterocycles. The summed E-state index contributed by atoms with van der Waals surface area (Å²) in [6, 6.07) is -2.43. The molecule has 16 nitrogen and oxygen atoms in total. The molecule has 0 aromatic heterocycles. The van der Waals surface area contributed by atoms with E-state index >= 15 is 0 Å². The lowest BCUT2D eigenvalue weighted by Crippen LogP contribution is -2.55. The van der Waals surface area contributed by atoms with E-state index in [-0.39, 0.29) is 26.1 Å². The highest BCUT2D eigenvalue weighted by molar-refractivity contribution is 5.91. The first-order valence-corrected chi connectivity index (χ1v) is 12.4. The molecule has 0 aliphatic carbocycles. The van der Waals surface area contributed by atoms with Gasteiger partial charge in [-0.1, -0.05) is 0 Å². The highest BCUT2D eigenvalue weighted by Crippen LogP contribution is 2.02. The largest absolute Gasteiger partial charge is 0.377 e. The molecule has 0 rings (SSSR count). The molecule has 4 amide bonds. The molecule has 0 aromatic rings. The molecule has 0 bridgehead atoms. The van der Waals surface area contributed by atoms with Crippen LogP contribution in [0, 0.1) is 0 Å². The monoisotopic (exact) mass is 534 g/mol. The molecular formula is C21H46N10O6. The Morgan fingerprint density at radius 3 is 1.73 bits per heavy atom. The van der Waals surface area contributed by atoms with Gasteiger partial charge in [0.15, 0.2) is 0 Å². The van der Waals surface area contributed by atoms with E-state index in [0.29, 0.717) is 45.2 Å². The summed E-state index contributed by atoms with van der Waals surface area (Å²) in [4.78, 5) is 48.9. The van der Waals surface area contributed by atoms with Crippen LogP contribution in [0.1, 0.15) is 38.5 Å². The fourth-order valence-corrected chi connectivity index (χ4v) is 3.30. The van der Waals surface area contributed by atoms with Crippen molar-refractivity contribution < 1.29 is 29.4 Å². The normalized spacial score (nSPS) is 15.1.